The van der Waals surface area contributed by atoms with E-state index in [4.69, 9.17) is 9.47 Å². The number of rotatable bonds is 8. The molecule has 1 aliphatic heterocycles. The van der Waals surface area contributed by atoms with E-state index in [0.717, 1.165) is 56.6 Å². The van der Waals surface area contributed by atoms with Gasteiger partial charge in [-0.25, -0.2) is 4.79 Å². The first-order valence-corrected chi connectivity index (χ1v) is 10.0. The van der Waals surface area contributed by atoms with Gasteiger partial charge in [-0.2, -0.15) is 0 Å². The van der Waals surface area contributed by atoms with Crippen LogP contribution >= 0.6 is 0 Å². The lowest BCUT2D eigenvalue weighted by molar-refractivity contribution is -0.152. The molecule has 6 nitrogen and oxygen atoms in total. The normalized spacial score (nSPS) is 16.8. The molecule has 1 saturated heterocycles. The Bertz CT molecular complexity index is 593. The molecule has 1 N–H and O–H groups in total. The van der Waals surface area contributed by atoms with Crippen molar-refractivity contribution in [3.05, 3.63) is 24.3 Å². The zero-order valence-electron chi connectivity index (χ0n) is 16.7. The molecule has 1 aromatic carbocycles. The number of anilines is 1. The number of nitrogens with one attached hydrogen (secondary N) is 1. The maximum atomic E-state index is 12.5. The molecule has 0 bridgehead atoms. The lowest BCUT2D eigenvalue weighted by atomic mass is 10.1. The Morgan fingerprint density at radius 1 is 1.15 bits per heavy atom. The molecule has 3 rings (SSSR count). The van der Waals surface area contributed by atoms with Crippen LogP contribution < -0.4 is 10.1 Å². The summed E-state index contributed by atoms with van der Waals surface area (Å²) in [6.45, 7) is 5.38. The van der Waals surface area contributed by atoms with Crippen LogP contribution in [0.25, 0.3) is 0 Å². The minimum absolute atomic E-state index is 0.0968. The van der Waals surface area contributed by atoms with Crippen molar-refractivity contribution in [2.24, 2.45) is 5.92 Å². The molecule has 1 heterocycles. The highest BCUT2D eigenvalue weighted by Gasteiger charge is 2.31. The highest BCUT2D eigenvalue weighted by atomic mass is 16.5. The van der Waals surface area contributed by atoms with Crippen LogP contribution in [-0.4, -0.2) is 49.6 Å². The van der Waals surface area contributed by atoms with E-state index in [9.17, 15) is 9.59 Å². The van der Waals surface area contributed by atoms with Crippen molar-refractivity contribution in [3.8, 4) is 5.75 Å². The molecule has 27 heavy (non-hydrogen) atoms. The largest absolute Gasteiger partial charge is 0.497 e. The number of nitrogens with zero attached hydrogens (tertiary/aromatic N) is 1. The second-order valence-corrected chi connectivity index (χ2v) is 6.80. The van der Waals surface area contributed by atoms with Crippen LogP contribution in [0.2, 0.25) is 0 Å². The smallest absolute Gasteiger partial charge is 0.329 e. The molecule has 6 heteroatoms. The van der Waals surface area contributed by atoms with E-state index in [0.29, 0.717) is 5.92 Å². The third kappa shape index (κ3) is 6.77. The van der Waals surface area contributed by atoms with E-state index >= 15 is 0 Å². The zero-order chi connectivity index (χ0) is 19.6. The third-order valence-electron chi connectivity index (χ3n) is 4.78. The predicted molar refractivity (Wildman–Crippen MR) is 106 cm³/mol. The van der Waals surface area contributed by atoms with Crippen LogP contribution in [0.1, 0.15) is 46.0 Å². The Labute approximate surface area is 162 Å². The number of likely N-dealkylation sites (tertiary alicyclic amines) is 1. The van der Waals surface area contributed by atoms with Crippen LogP contribution in [0, 0.1) is 5.92 Å². The van der Waals surface area contributed by atoms with Crippen molar-refractivity contribution >= 4 is 17.6 Å². The van der Waals surface area contributed by atoms with Gasteiger partial charge in [0.05, 0.1) is 7.11 Å². The molecule has 0 radical (unpaired) electrons. The summed E-state index contributed by atoms with van der Waals surface area (Å²) in [5.41, 5.74) is 0.842. The summed E-state index contributed by atoms with van der Waals surface area (Å²) >= 11 is 0. The number of carbonyl (C=O) groups is 2. The molecule has 1 saturated carbocycles. The van der Waals surface area contributed by atoms with Gasteiger partial charge in [0, 0.05) is 18.8 Å². The molecule has 2 fully saturated rings. The van der Waals surface area contributed by atoms with Crippen molar-refractivity contribution in [1.29, 1.82) is 0 Å². The van der Waals surface area contributed by atoms with E-state index in [1.807, 2.05) is 38.1 Å². The quantitative estimate of drug-likeness (QED) is 0.704. The molecule has 1 atom stereocenters. The minimum atomic E-state index is -0.424. The molecule has 1 aliphatic carbocycles. The van der Waals surface area contributed by atoms with Gasteiger partial charge >= 0.3 is 5.97 Å². The van der Waals surface area contributed by atoms with Gasteiger partial charge in [0.15, 0.2) is 6.61 Å². The fraction of sp³-hybridized carbons (Fsp3) is 0.619. The average Bonchev–Trinajstić information content (AvgIpc) is 3.36. The highest BCUT2D eigenvalue weighted by molar-refractivity contribution is 5.84. The summed E-state index contributed by atoms with van der Waals surface area (Å²) in [6, 6.07) is 7.02. The van der Waals surface area contributed by atoms with Gasteiger partial charge in [0.25, 0.3) is 5.91 Å². The van der Waals surface area contributed by atoms with Crippen molar-refractivity contribution in [3.63, 3.8) is 0 Å². The molecule has 1 amide bonds. The number of carbonyl (C=O) groups excluding carboxylic acids is 2. The van der Waals surface area contributed by atoms with Crippen molar-refractivity contribution in [2.75, 3.05) is 32.1 Å². The van der Waals surface area contributed by atoms with E-state index in [2.05, 4.69) is 5.32 Å². The van der Waals surface area contributed by atoms with Crippen molar-refractivity contribution in [2.45, 2.75) is 52.0 Å². The molecule has 0 spiro atoms. The topological polar surface area (TPSA) is 67.9 Å². The highest BCUT2D eigenvalue weighted by Crippen LogP contribution is 2.34. The Kier molecular flexibility index (Phi) is 8.43. The molecule has 2 aliphatic rings. The third-order valence-corrected chi connectivity index (χ3v) is 4.78. The van der Waals surface area contributed by atoms with Gasteiger partial charge in [-0.3, -0.25) is 4.79 Å². The summed E-state index contributed by atoms with van der Waals surface area (Å²) in [6.07, 6.45) is 5.11. The number of amides is 1. The van der Waals surface area contributed by atoms with E-state index in [1.54, 1.807) is 12.0 Å². The molecule has 1 aromatic rings. The van der Waals surface area contributed by atoms with Crippen LogP contribution in [-0.2, 0) is 14.3 Å². The molecular weight excluding hydrogens is 344 g/mol. The summed E-state index contributed by atoms with van der Waals surface area (Å²) in [5.74, 6) is 0.886. The van der Waals surface area contributed by atoms with Crippen molar-refractivity contribution in [1.82, 2.24) is 4.90 Å². The van der Waals surface area contributed by atoms with Gasteiger partial charge in [-0.1, -0.05) is 26.7 Å². The van der Waals surface area contributed by atoms with Crippen molar-refractivity contribution < 1.29 is 19.1 Å². The molecule has 0 aromatic heterocycles. The van der Waals surface area contributed by atoms with Gasteiger partial charge < -0.3 is 19.7 Å². The fourth-order valence-corrected chi connectivity index (χ4v) is 3.08. The predicted octanol–water partition coefficient (Wildman–Crippen LogP) is 3.47. The lowest BCUT2D eigenvalue weighted by Crippen LogP contribution is -2.36. The fourth-order valence-electron chi connectivity index (χ4n) is 3.08. The number of hydrogen-bond donors (Lipinski definition) is 1. The summed E-state index contributed by atoms with van der Waals surface area (Å²) < 4.78 is 10.5. The van der Waals surface area contributed by atoms with E-state index in [1.165, 1.54) is 0 Å². The summed E-state index contributed by atoms with van der Waals surface area (Å²) in [5, 5.41) is 3.24. The first kappa shape index (κ1) is 21.1. The molecular formula is C21H32N2O4. The number of esters is 1. The Hall–Kier alpha value is -2.24. The number of benzene rings is 1. The van der Waals surface area contributed by atoms with Crippen LogP contribution in [0.5, 0.6) is 5.75 Å². The van der Waals surface area contributed by atoms with Gasteiger partial charge in [-0.15, -0.1) is 0 Å². The number of ether oxygens (including phenoxy) is 2. The summed E-state index contributed by atoms with van der Waals surface area (Å²) in [4.78, 5) is 26.3. The van der Waals surface area contributed by atoms with Crippen LogP contribution in [0.4, 0.5) is 5.69 Å². The standard InChI is InChI=1S/C19H26N2O4.C2H6/c1-24-16-8-6-15(7-9-16)20-17(12-14-4-5-14)19(23)25-13-18(22)21-10-2-3-11-21;1-2/h6-9,14,17,20H,2-5,10-13H2,1H3;1-2H3. The van der Waals surface area contributed by atoms with Crippen LogP contribution in [0.3, 0.4) is 0 Å². The second-order valence-electron chi connectivity index (χ2n) is 6.80. The average molecular weight is 376 g/mol. The second kappa shape index (κ2) is 10.8. The Balaban J connectivity index is 0.00000126. The Morgan fingerprint density at radius 2 is 1.78 bits per heavy atom. The Morgan fingerprint density at radius 3 is 2.33 bits per heavy atom. The zero-order valence-corrected chi connectivity index (χ0v) is 16.7. The minimum Gasteiger partial charge on any atom is -0.497 e. The van der Waals surface area contributed by atoms with E-state index < -0.39 is 6.04 Å². The summed E-state index contributed by atoms with van der Waals surface area (Å²) in [7, 11) is 1.62. The SMILES string of the molecule is CC.COc1ccc(NC(CC2CC2)C(=O)OCC(=O)N2CCCC2)cc1. The molecule has 150 valence electrons. The maximum absolute atomic E-state index is 12.5. The first-order valence-electron chi connectivity index (χ1n) is 10.0. The van der Waals surface area contributed by atoms with Crippen LogP contribution in [0.15, 0.2) is 24.3 Å². The first-order chi connectivity index (χ1) is 13.2. The molecule has 1 unspecified atom stereocenters. The lowest BCUT2D eigenvalue weighted by Gasteiger charge is -2.20. The monoisotopic (exact) mass is 376 g/mol. The van der Waals surface area contributed by atoms with Gasteiger partial charge in [0.1, 0.15) is 11.8 Å². The van der Waals surface area contributed by atoms with Gasteiger partial charge in [0.2, 0.25) is 0 Å². The van der Waals surface area contributed by atoms with E-state index in [-0.39, 0.29) is 18.5 Å². The van der Waals surface area contributed by atoms with Gasteiger partial charge in [-0.05, 0) is 49.4 Å². The number of methoxy groups -OCH3 is 1. The maximum Gasteiger partial charge on any atom is 0.329 e. The number of hydrogen-bond acceptors (Lipinski definition) is 5.